The zero-order chi connectivity index (χ0) is 12.3. The molecular formula is C13H19NO2. The van der Waals surface area contributed by atoms with Gasteiger partial charge in [-0.25, -0.2) is 4.79 Å². The molecule has 1 N–H and O–H groups in total. The van der Waals surface area contributed by atoms with Crippen molar-refractivity contribution in [1.29, 1.82) is 0 Å². The van der Waals surface area contributed by atoms with Crippen LogP contribution in [0.5, 0.6) is 0 Å². The van der Waals surface area contributed by atoms with E-state index in [1.807, 2.05) is 6.92 Å². The second-order valence-corrected chi connectivity index (χ2v) is 4.09. The molecule has 3 heteroatoms. The maximum atomic E-state index is 11.3. The van der Waals surface area contributed by atoms with Crippen LogP contribution in [0.3, 0.4) is 0 Å². The van der Waals surface area contributed by atoms with Gasteiger partial charge >= 0.3 is 5.97 Å². The Balaban J connectivity index is 2.97. The smallest absolute Gasteiger partial charge is 0.327 e. The van der Waals surface area contributed by atoms with Crippen molar-refractivity contribution in [3.05, 3.63) is 28.8 Å². The Kier molecular flexibility index (Phi) is 3.93. The average Bonchev–Trinajstić information content (AvgIpc) is 2.28. The van der Waals surface area contributed by atoms with E-state index in [1.165, 1.54) is 18.2 Å². The Morgan fingerprint density at radius 3 is 2.38 bits per heavy atom. The van der Waals surface area contributed by atoms with Gasteiger partial charge in [0.25, 0.3) is 0 Å². The first-order chi connectivity index (χ1) is 7.47. The lowest BCUT2D eigenvalue weighted by Gasteiger charge is -2.18. The zero-order valence-corrected chi connectivity index (χ0v) is 10.5. The normalized spacial score (nSPS) is 12.1. The molecule has 0 unspecified atom stereocenters. The molecule has 1 aromatic carbocycles. The Labute approximate surface area is 96.8 Å². The molecule has 0 aliphatic carbocycles. The molecule has 16 heavy (non-hydrogen) atoms. The van der Waals surface area contributed by atoms with Gasteiger partial charge in [0.2, 0.25) is 0 Å². The summed E-state index contributed by atoms with van der Waals surface area (Å²) in [7, 11) is 1.40. The zero-order valence-electron chi connectivity index (χ0n) is 10.5. The standard InChI is InChI=1S/C13H19NO2/c1-8-6-7-9(2)12(10(8)3)14-11(4)13(15)16-5/h6-7,11,14H,1-5H3/t11-/m0/s1. The summed E-state index contributed by atoms with van der Waals surface area (Å²) in [6.45, 7) is 7.93. The highest BCUT2D eigenvalue weighted by atomic mass is 16.5. The summed E-state index contributed by atoms with van der Waals surface area (Å²) in [6, 6.07) is 3.80. The van der Waals surface area contributed by atoms with Gasteiger partial charge in [0.1, 0.15) is 6.04 Å². The van der Waals surface area contributed by atoms with E-state index in [9.17, 15) is 4.79 Å². The van der Waals surface area contributed by atoms with E-state index in [2.05, 4.69) is 31.3 Å². The summed E-state index contributed by atoms with van der Waals surface area (Å²) in [5.74, 6) is -0.250. The Hall–Kier alpha value is -1.51. The summed E-state index contributed by atoms with van der Waals surface area (Å²) < 4.78 is 4.69. The van der Waals surface area contributed by atoms with Gasteiger partial charge in [-0.3, -0.25) is 0 Å². The van der Waals surface area contributed by atoms with Crippen molar-refractivity contribution in [3.63, 3.8) is 0 Å². The number of benzene rings is 1. The van der Waals surface area contributed by atoms with E-state index in [4.69, 9.17) is 4.74 Å². The summed E-state index contributed by atoms with van der Waals surface area (Å²) >= 11 is 0. The van der Waals surface area contributed by atoms with E-state index in [0.717, 1.165) is 11.3 Å². The van der Waals surface area contributed by atoms with E-state index in [0.29, 0.717) is 0 Å². The predicted molar refractivity (Wildman–Crippen MR) is 65.8 cm³/mol. The number of nitrogens with one attached hydrogen (secondary N) is 1. The van der Waals surface area contributed by atoms with Gasteiger partial charge in [-0.1, -0.05) is 12.1 Å². The lowest BCUT2D eigenvalue weighted by molar-refractivity contribution is -0.141. The molecule has 1 aromatic rings. The molecule has 0 saturated heterocycles. The van der Waals surface area contributed by atoms with Crippen LogP contribution in [0, 0.1) is 20.8 Å². The SMILES string of the molecule is COC(=O)[C@H](C)Nc1c(C)ccc(C)c1C. The third kappa shape index (κ3) is 2.54. The second-order valence-electron chi connectivity index (χ2n) is 4.09. The van der Waals surface area contributed by atoms with Crippen LogP contribution in [0.2, 0.25) is 0 Å². The number of hydrogen-bond acceptors (Lipinski definition) is 3. The Morgan fingerprint density at radius 1 is 1.25 bits per heavy atom. The molecule has 1 atom stereocenters. The molecular weight excluding hydrogens is 202 g/mol. The molecule has 0 amide bonds. The maximum Gasteiger partial charge on any atom is 0.327 e. The third-order valence-electron chi connectivity index (χ3n) is 2.86. The quantitative estimate of drug-likeness (QED) is 0.797. The summed E-state index contributed by atoms with van der Waals surface area (Å²) in [4.78, 5) is 11.3. The number of anilines is 1. The van der Waals surface area contributed by atoms with Crippen LogP contribution < -0.4 is 5.32 Å². The fourth-order valence-corrected chi connectivity index (χ4v) is 1.63. The predicted octanol–water partition coefficient (Wildman–Crippen LogP) is 2.59. The first-order valence-corrected chi connectivity index (χ1v) is 5.38. The third-order valence-corrected chi connectivity index (χ3v) is 2.86. The van der Waals surface area contributed by atoms with E-state index >= 15 is 0 Å². The Bertz CT molecular complexity index is 399. The van der Waals surface area contributed by atoms with Gasteiger partial charge < -0.3 is 10.1 Å². The molecule has 3 nitrogen and oxygen atoms in total. The molecule has 1 rings (SSSR count). The monoisotopic (exact) mass is 221 g/mol. The molecule has 0 radical (unpaired) electrons. The summed E-state index contributed by atoms with van der Waals surface area (Å²) in [5, 5.41) is 3.20. The second kappa shape index (κ2) is 5.01. The van der Waals surface area contributed by atoms with Crippen molar-refractivity contribution in [1.82, 2.24) is 0 Å². The van der Waals surface area contributed by atoms with Crippen molar-refractivity contribution in [2.75, 3.05) is 12.4 Å². The van der Waals surface area contributed by atoms with Crippen LogP contribution >= 0.6 is 0 Å². The maximum absolute atomic E-state index is 11.3. The van der Waals surface area contributed by atoms with Crippen molar-refractivity contribution < 1.29 is 9.53 Å². The van der Waals surface area contributed by atoms with Crippen LogP contribution in [0.15, 0.2) is 12.1 Å². The summed E-state index contributed by atoms with van der Waals surface area (Å²) in [5.41, 5.74) is 4.55. The van der Waals surface area contributed by atoms with Gasteiger partial charge in [0, 0.05) is 5.69 Å². The fourth-order valence-electron chi connectivity index (χ4n) is 1.63. The number of hydrogen-bond donors (Lipinski definition) is 1. The van der Waals surface area contributed by atoms with E-state index in [-0.39, 0.29) is 12.0 Å². The van der Waals surface area contributed by atoms with Crippen molar-refractivity contribution in [2.24, 2.45) is 0 Å². The summed E-state index contributed by atoms with van der Waals surface area (Å²) in [6.07, 6.45) is 0. The van der Waals surface area contributed by atoms with Crippen LogP contribution in [-0.2, 0) is 9.53 Å². The van der Waals surface area contributed by atoms with Crippen molar-refractivity contribution in [2.45, 2.75) is 33.7 Å². The fraction of sp³-hybridized carbons (Fsp3) is 0.462. The molecule has 0 aromatic heterocycles. The van der Waals surface area contributed by atoms with Crippen LogP contribution in [0.25, 0.3) is 0 Å². The number of rotatable bonds is 3. The molecule has 0 fully saturated rings. The van der Waals surface area contributed by atoms with Gasteiger partial charge in [-0.2, -0.15) is 0 Å². The van der Waals surface area contributed by atoms with Gasteiger partial charge in [-0.05, 0) is 44.4 Å². The number of methoxy groups -OCH3 is 1. The van der Waals surface area contributed by atoms with Crippen LogP contribution in [-0.4, -0.2) is 19.1 Å². The number of carbonyl (C=O) groups is 1. The van der Waals surface area contributed by atoms with E-state index < -0.39 is 0 Å². The number of ether oxygens (including phenoxy) is 1. The number of esters is 1. The topological polar surface area (TPSA) is 38.3 Å². The lowest BCUT2D eigenvalue weighted by Crippen LogP contribution is -2.28. The molecule has 0 aliphatic rings. The van der Waals surface area contributed by atoms with E-state index in [1.54, 1.807) is 6.92 Å². The highest BCUT2D eigenvalue weighted by Gasteiger charge is 2.15. The molecule has 0 saturated carbocycles. The number of carbonyl (C=O) groups excluding carboxylic acids is 1. The minimum atomic E-state index is -0.329. The minimum absolute atomic E-state index is 0.250. The minimum Gasteiger partial charge on any atom is -0.467 e. The first-order valence-electron chi connectivity index (χ1n) is 5.38. The van der Waals surface area contributed by atoms with Gasteiger partial charge in [-0.15, -0.1) is 0 Å². The van der Waals surface area contributed by atoms with Crippen LogP contribution in [0.1, 0.15) is 23.6 Å². The number of aryl methyl sites for hydroxylation is 2. The van der Waals surface area contributed by atoms with Crippen molar-refractivity contribution in [3.8, 4) is 0 Å². The van der Waals surface area contributed by atoms with Crippen LogP contribution in [0.4, 0.5) is 5.69 Å². The molecule has 0 spiro atoms. The largest absolute Gasteiger partial charge is 0.467 e. The van der Waals surface area contributed by atoms with Gasteiger partial charge in [0.05, 0.1) is 7.11 Å². The molecule has 0 aliphatic heterocycles. The molecule has 0 heterocycles. The lowest BCUT2D eigenvalue weighted by atomic mass is 10.0. The van der Waals surface area contributed by atoms with Crippen molar-refractivity contribution >= 4 is 11.7 Å². The first kappa shape index (κ1) is 12.6. The highest BCUT2D eigenvalue weighted by Crippen LogP contribution is 2.23. The molecule has 0 bridgehead atoms. The van der Waals surface area contributed by atoms with Gasteiger partial charge in [0.15, 0.2) is 0 Å². The Morgan fingerprint density at radius 2 is 1.81 bits per heavy atom. The average molecular weight is 221 g/mol. The highest BCUT2D eigenvalue weighted by molar-refractivity contribution is 5.79. The molecule has 88 valence electrons.